The molecular formula is C18H34. The van der Waals surface area contributed by atoms with E-state index < -0.39 is 0 Å². The number of hydrogen-bond acceptors (Lipinski definition) is 0. The Morgan fingerprint density at radius 3 is 1.67 bits per heavy atom. The second-order valence-electron chi connectivity index (χ2n) is 7.26. The zero-order valence-corrected chi connectivity index (χ0v) is 13.7. The third-order valence-electron chi connectivity index (χ3n) is 3.18. The van der Waals surface area contributed by atoms with Crippen molar-refractivity contribution in [2.24, 2.45) is 10.8 Å². The molecule has 106 valence electrons. The third kappa shape index (κ3) is 12.0. The second-order valence-corrected chi connectivity index (χ2v) is 7.26. The molecule has 0 aliphatic carbocycles. The Morgan fingerprint density at radius 1 is 0.667 bits per heavy atom. The van der Waals surface area contributed by atoms with Crippen molar-refractivity contribution < 1.29 is 0 Å². The normalized spacial score (nSPS) is 12.1. The molecule has 0 rings (SSSR count). The highest BCUT2D eigenvalue weighted by molar-refractivity contribution is 5.13. The van der Waals surface area contributed by atoms with Crippen LogP contribution < -0.4 is 0 Å². The van der Waals surface area contributed by atoms with Crippen LogP contribution in [-0.4, -0.2) is 0 Å². The average Bonchev–Trinajstić information content (AvgIpc) is 2.25. The first-order valence-electron chi connectivity index (χ1n) is 7.81. The van der Waals surface area contributed by atoms with E-state index in [4.69, 9.17) is 0 Å². The minimum Gasteiger partial charge on any atom is -0.0968 e. The van der Waals surface area contributed by atoms with E-state index in [1.807, 2.05) is 0 Å². The predicted molar refractivity (Wildman–Crippen MR) is 83.6 cm³/mol. The highest BCUT2D eigenvalue weighted by Gasteiger charge is 2.14. The van der Waals surface area contributed by atoms with Gasteiger partial charge in [-0.3, -0.25) is 0 Å². The molecule has 18 heavy (non-hydrogen) atoms. The van der Waals surface area contributed by atoms with E-state index in [9.17, 15) is 0 Å². The molecule has 0 aromatic rings. The predicted octanol–water partition coefficient (Wildman–Crippen LogP) is 6.20. The quantitative estimate of drug-likeness (QED) is 0.355. The van der Waals surface area contributed by atoms with Crippen LogP contribution in [-0.2, 0) is 0 Å². The molecule has 0 bridgehead atoms. The van der Waals surface area contributed by atoms with Gasteiger partial charge in [0.15, 0.2) is 0 Å². The summed E-state index contributed by atoms with van der Waals surface area (Å²) in [5, 5.41) is 0. The number of unbranched alkanes of at least 4 members (excludes halogenated alkanes) is 6. The van der Waals surface area contributed by atoms with E-state index >= 15 is 0 Å². The van der Waals surface area contributed by atoms with Crippen LogP contribution in [0, 0.1) is 22.7 Å². The van der Waals surface area contributed by atoms with Crippen LogP contribution in [0.25, 0.3) is 0 Å². The largest absolute Gasteiger partial charge is 0.0968 e. The molecule has 0 N–H and O–H groups in total. The van der Waals surface area contributed by atoms with Gasteiger partial charge in [0.25, 0.3) is 0 Å². The minimum absolute atomic E-state index is 0.136. The summed E-state index contributed by atoms with van der Waals surface area (Å²) in [5.41, 5.74) is 0.328. The summed E-state index contributed by atoms with van der Waals surface area (Å²) in [6, 6.07) is 0. The Balaban J connectivity index is 3.73. The lowest BCUT2D eigenvalue weighted by molar-refractivity contribution is 0.421. The van der Waals surface area contributed by atoms with Crippen LogP contribution in [0.3, 0.4) is 0 Å². The zero-order chi connectivity index (χ0) is 14.1. The van der Waals surface area contributed by atoms with Crippen LogP contribution in [0.15, 0.2) is 0 Å². The molecule has 0 fully saturated rings. The molecule has 0 spiro atoms. The molecule has 0 aliphatic heterocycles. The molecule has 0 saturated heterocycles. The summed E-state index contributed by atoms with van der Waals surface area (Å²) in [7, 11) is 0. The molecule has 0 aliphatic rings. The number of hydrogen-bond donors (Lipinski definition) is 0. The molecule has 0 heteroatoms. The molecule has 0 aromatic carbocycles. The van der Waals surface area contributed by atoms with Gasteiger partial charge in [0.2, 0.25) is 0 Å². The lowest BCUT2D eigenvalue weighted by Crippen LogP contribution is -2.10. The van der Waals surface area contributed by atoms with Gasteiger partial charge in [0, 0.05) is 10.8 Å². The fourth-order valence-corrected chi connectivity index (χ4v) is 1.94. The van der Waals surface area contributed by atoms with Crippen molar-refractivity contribution in [1.29, 1.82) is 0 Å². The van der Waals surface area contributed by atoms with E-state index in [-0.39, 0.29) is 10.8 Å². The van der Waals surface area contributed by atoms with E-state index in [0.29, 0.717) is 0 Å². The van der Waals surface area contributed by atoms with E-state index in [1.165, 1.54) is 51.4 Å². The summed E-state index contributed by atoms with van der Waals surface area (Å²) in [6.45, 7) is 13.4. The Kier molecular flexibility index (Phi) is 8.41. The molecule has 0 aromatic heterocycles. The molecule has 0 atom stereocenters. The fourth-order valence-electron chi connectivity index (χ4n) is 1.94. The molecular weight excluding hydrogens is 216 g/mol. The lowest BCUT2D eigenvalue weighted by Gasteiger charge is -2.19. The number of rotatable bonds is 8. The summed E-state index contributed by atoms with van der Waals surface area (Å²) < 4.78 is 0. The second kappa shape index (κ2) is 8.63. The van der Waals surface area contributed by atoms with Crippen LogP contribution in [0.1, 0.15) is 92.9 Å². The van der Waals surface area contributed by atoms with Gasteiger partial charge >= 0.3 is 0 Å². The van der Waals surface area contributed by atoms with Gasteiger partial charge in [0.05, 0.1) is 0 Å². The molecule has 0 nitrogen and oxygen atoms in total. The Hall–Kier alpha value is -0.440. The van der Waals surface area contributed by atoms with Gasteiger partial charge in [-0.05, 0) is 41.0 Å². The Bertz CT molecular complexity index is 254. The Morgan fingerprint density at radius 2 is 1.17 bits per heavy atom. The van der Waals surface area contributed by atoms with Gasteiger partial charge < -0.3 is 0 Å². The van der Waals surface area contributed by atoms with Crippen molar-refractivity contribution in [3.63, 3.8) is 0 Å². The first-order chi connectivity index (χ1) is 8.27. The van der Waals surface area contributed by atoms with Gasteiger partial charge in [-0.1, -0.05) is 63.7 Å². The molecule has 0 saturated carbocycles. The highest BCUT2D eigenvalue weighted by Crippen LogP contribution is 2.24. The summed E-state index contributed by atoms with van der Waals surface area (Å²) in [6.07, 6.45) is 10.9. The van der Waals surface area contributed by atoms with Crippen molar-refractivity contribution in [3.8, 4) is 11.8 Å². The molecule has 0 radical (unpaired) electrons. The van der Waals surface area contributed by atoms with Gasteiger partial charge in [0.1, 0.15) is 0 Å². The van der Waals surface area contributed by atoms with Crippen molar-refractivity contribution in [2.75, 3.05) is 0 Å². The van der Waals surface area contributed by atoms with Crippen LogP contribution in [0.5, 0.6) is 0 Å². The van der Waals surface area contributed by atoms with Crippen LogP contribution >= 0.6 is 0 Å². The van der Waals surface area contributed by atoms with Crippen molar-refractivity contribution in [1.82, 2.24) is 0 Å². The maximum absolute atomic E-state index is 3.46. The standard InChI is InChI=1S/C18H34/c1-7-8-9-10-11-12-13-14-18(5,6)16-15-17(2,3)4/h7-14H2,1-6H3. The van der Waals surface area contributed by atoms with E-state index in [2.05, 4.69) is 53.4 Å². The van der Waals surface area contributed by atoms with Crippen LogP contribution in [0.4, 0.5) is 0 Å². The molecule has 0 unspecified atom stereocenters. The van der Waals surface area contributed by atoms with Crippen molar-refractivity contribution in [3.05, 3.63) is 0 Å². The van der Waals surface area contributed by atoms with E-state index in [0.717, 1.165) is 0 Å². The van der Waals surface area contributed by atoms with Gasteiger partial charge in [-0.2, -0.15) is 0 Å². The maximum Gasteiger partial charge on any atom is 0.0258 e. The topological polar surface area (TPSA) is 0 Å². The SMILES string of the molecule is CCCCCCCCCC(C)(C)C#CC(C)(C)C. The maximum atomic E-state index is 3.46. The first-order valence-corrected chi connectivity index (χ1v) is 7.81. The summed E-state index contributed by atoms with van der Waals surface area (Å²) in [4.78, 5) is 0. The fraction of sp³-hybridized carbons (Fsp3) is 0.889. The summed E-state index contributed by atoms with van der Waals surface area (Å²) in [5.74, 6) is 6.84. The summed E-state index contributed by atoms with van der Waals surface area (Å²) >= 11 is 0. The van der Waals surface area contributed by atoms with Crippen molar-refractivity contribution in [2.45, 2.75) is 92.9 Å². The zero-order valence-electron chi connectivity index (χ0n) is 13.7. The smallest absolute Gasteiger partial charge is 0.0258 e. The minimum atomic E-state index is 0.136. The molecule has 0 heterocycles. The third-order valence-corrected chi connectivity index (χ3v) is 3.18. The average molecular weight is 250 g/mol. The monoisotopic (exact) mass is 250 g/mol. The molecule has 0 amide bonds. The lowest BCUT2D eigenvalue weighted by atomic mass is 9.85. The first kappa shape index (κ1) is 17.6. The van der Waals surface area contributed by atoms with Crippen molar-refractivity contribution >= 4 is 0 Å². The van der Waals surface area contributed by atoms with Gasteiger partial charge in [-0.25, -0.2) is 0 Å². The highest BCUT2D eigenvalue weighted by atomic mass is 14.2. The van der Waals surface area contributed by atoms with Gasteiger partial charge in [-0.15, -0.1) is 0 Å². The Labute approximate surface area is 116 Å². The van der Waals surface area contributed by atoms with Crippen LogP contribution in [0.2, 0.25) is 0 Å². The van der Waals surface area contributed by atoms with E-state index in [1.54, 1.807) is 0 Å².